The summed E-state index contributed by atoms with van der Waals surface area (Å²) in [4.78, 5) is 12.3. The lowest BCUT2D eigenvalue weighted by molar-refractivity contribution is 0.287. The molecule has 0 spiro atoms. The molecule has 142 valence electrons. The maximum atomic E-state index is 5.52. The van der Waals surface area contributed by atoms with E-state index in [-0.39, 0.29) is 6.04 Å². The fraction of sp³-hybridized carbons (Fsp3) is 0.474. The minimum absolute atomic E-state index is 0.161. The Labute approximate surface area is 160 Å². The fourth-order valence-corrected chi connectivity index (χ4v) is 3.57. The summed E-state index contributed by atoms with van der Waals surface area (Å²) >= 11 is 1.72. The number of aromatic nitrogens is 1. The summed E-state index contributed by atoms with van der Waals surface area (Å²) in [5.74, 6) is 1.65. The molecule has 7 heteroatoms. The SMILES string of the molecule is CN=C(NCc1nc(C)c(C)s1)NCC(c1ccccc1OC)N(C)C. The summed E-state index contributed by atoms with van der Waals surface area (Å²) in [5.41, 5.74) is 2.24. The summed E-state index contributed by atoms with van der Waals surface area (Å²) in [7, 11) is 7.62. The molecule has 0 saturated carbocycles. The van der Waals surface area contributed by atoms with Crippen LogP contribution in [0.3, 0.4) is 0 Å². The Kier molecular flexibility index (Phi) is 7.41. The second-order valence-electron chi connectivity index (χ2n) is 6.28. The van der Waals surface area contributed by atoms with Crippen molar-refractivity contribution in [3.8, 4) is 5.75 Å². The number of methoxy groups -OCH3 is 1. The number of aryl methyl sites for hydroxylation is 2. The molecule has 1 aromatic heterocycles. The van der Waals surface area contributed by atoms with E-state index in [9.17, 15) is 0 Å². The van der Waals surface area contributed by atoms with Crippen molar-refractivity contribution < 1.29 is 4.74 Å². The molecular formula is C19H29N5OS. The van der Waals surface area contributed by atoms with E-state index in [1.807, 2.05) is 25.1 Å². The van der Waals surface area contributed by atoms with Crippen molar-refractivity contribution in [2.75, 3.05) is 34.8 Å². The van der Waals surface area contributed by atoms with E-state index in [2.05, 4.69) is 52.6 Å². The number of ether oxygens (including phenoxy) is 1. The summed E-state index contributed by atoms with van der Waals surface area (Å²) in [6.07, 6.45) is 0. The molecule has 1 atom stereocenters. The van der Waals surface area contributed by atoms with Gasteiger partial charge < -0.3 is 20.3 Å². The van der Waals surface area contributed by atoms with Crippen molar-refractivity contribution in [2.45, 2.75) is 26.4 Å². The van der Waals surface area contributed by atoms with Crippen molar-refractivity contribution in [1.82, 2.24) is 20.5 Å². The van der Waals surface area contributed by atoms with Gasteiger partial charge >= 0.3 is 0 Å². The third-order valence-electron chi connectivity index (χ3n) is 4.29. The third-order valence-corrected chi connectivity index (χ3v) is 5.36. The lowest BCUT2D eigenvalue weighted by atomic mass is 10.0. The van der Waals surface area contributed by atoms with E-state index in [0.29, 0.717) is 13.1 Å². The van der Waals surface area contributed by atoms with Crippen LogP contribution in [0, 0.1) is 13.8 Å². The molecule has 0 amide bonds. The Morgan fingerprint density at radius 1 is 1.27 bits per heavy atom. The maximum Gasteiger partial charge on any atom is 0.191 e. The van der Waals surface area contributed by atoms with Crippen LogP contribution in [0.15, 0.2) is 29.3 Å². The predicted octanol–water partition coefficient (Wildman–Crippen LogP) is 2.74. The van der Waals surface area contributed by atoms with Crippen molar-refractivity contribution in [3.05, 3.63) is 45.4 Å². The van der Waals surface area contributed by atoms with Crippen LogP contribution in [0.25, 0.3) is 0 Å². The number of hydrogen-bond donors (Lipinski definition) is 2. The van der Waals surface area contributed by atoms with Crippen LogP contribution in [0.4, 0.5) is 0 Å². The first-order chi connectivity index (χ1) is 12.5. The van der Waals surface area contributed by atoms with Gasteiger partial charge in [-0.3, -0.25) is 4.99 Å². The monoisotopic (exact) mass is 375 g/mol. The molecule has 0 aliphatic carbocycles. The number of nitrogens with one attached hydrogen (secondary N) is 2. The Hall–Kier alpha value is -2.12. The number of benzene rings is 1. The summed E-state index contributed by atoms with van der Waals surface area (Å²) < 4.78 is 5.52. The second kappa shape index (κ2) is 9.54. The number of hydrogen-bond acceptors (Lipinski definition) is 5. The Balaban J connectivity index is 2.00. The predicted molar refractivity (Wildman–Crippen MR) is 109 cm³/mol. The molecule has 2 aromatic rings. The number of nitrogens with zero attached hydrogens (tertiary/aromatic N) is 3. The van der Waals surface area contributed by atoms with Gasteiger partial charge in [0, 0.05) is 24.0 Å². The van der Waals surface area contributed by atoms with E-state index >= 15 is 0 Å². The lowest BCUT2D eigenvalue weighted by Crippen LogP contribution is -2.41. The standard InChI is InChI=1S/C19H29N5OS/c1-13-14(2)26-18(23-13)12-22-19(20-3)21-11-16(24(4)5)15-9-7-8-10-17(15)25-6/h7-10,16H,11-12H2,1-6H3,(H2,20,21,22). The Morgan fingerprint density at radius 3 is 2.58 bits per heavy atom. The number of aliphatic imine (C=N–C) groups is 1. The molecule has 1 heterocycles. The lowest BCUT2D eigenvalue weighted by Gasteiger charge is -2.27. The van der Waals surface area contributed by atoms with Crippen LogP contribution in [0.1, 0.15) is 27.2 Å². The molecule has 0 radical (unpaired) electrons. The highest BCUT2D eigenvalue weighted by Crippen LogP contribution is 2.27. The quantitative estimate of drug-likeness (QED) is 0.576. The minimum Gasteiger partial charge on any atom is -0.496 e. The number of rotatable bonds is 7. The van der Waals surface area contributed by atoms with E-state index in [4.69, 9.17) is 4.74 Å². The highest BCUT2D eigenvalue weighted by molar-refractivity contribution is 7.11. The average Bonchev–Trinajstić information content (AvgIpc) is 2.95. The molecule has 0 bridgehead atoms. The number of guanidine groups is 1. The van der Waals surface area contributed by atoms with E-state index in [1.165, 1.54) is 4.88 Å². The van der Waals surface area contributed by atoms with Gasteiger partial charge in [0.15, 0.2) is 5.96 Å². The van der Waals surface area contributed by atoms with Crippen LogP contribution in [-0.2, 0) is 6.54 Å². The smallest absolute Gasteiger partial charge is 0.191 e. The van der Waals surface area contributed by atoms with Gasteiger partial charge in [-0.25, -0.2) is 4.98 Å². The van der Waals surface area contributed by atoms with Crippen molar-refractivity contribution in [3.63, 3.8) is 0 Å². The highest BCUT2D eigenvalue weighted by Gasteiger charge is 2.18. The van der Waals surface area contributed by atoms with Crippen LogP contribution in [-0.4, -0.2) is 50.6 Å². The normalized spacial score (nSPS) is 13.0. The number of likely N-dealkylation sites (N-methyl/N-ethyl adjacent to an activating group) is 1. The van der Waals surface area contributed by atoms with E-state index < -0.39 is 0 Å². The van der Waals surface area contributed by atoms with Gasteiger partial charge in [0.1, 0.15) is 10.8 Å². The van der Waals surface area contributed by atoms with Crippen molar-refractivity contribution in [1.29, 1.82) is 0 Å². The van der Waals surface area contributed by atoms with Crippen LogP contribution < -0.4 is 15.4 Å². The second-order valence-corrected chi connectivity index (χ2v) is 7.56. The summed E-state index contributed by atoms with van der Waals surface area (Å²) in [6, 6.07) is 8.28. The zero-order valence-corrected chi connectivity index (χ0v) is 17.3. The number of thiazole rings is 1. The summed E-state index contributed by atoms with van der Waals surface area (Å²) in [5, 5.41) is 7.82. The van der Waals surface area contributed by atoms with Gasteiger partial charge in [0.05, 0.1) is 25.4 Å². The molecule has 0 aliphatic heterocycles. The van der Waals surface area contributed by atoms with Gasteiger partial charge in [-0.05, 0) is 34.0 Å². The number of para-hydroxylation sites is 1. The first kappa shape index (κ1) is 20.2. The molecule has 6 nitrogen and oxygen atoms in total. The fourth-order valence-electron chi connectivity index (χ4n) is 2.70. The van der Waals surface area contributed by atoms with E-state index in [0.717, 1.165) is 28.0 Å². The van der Waals surface area contributed by atoms with Crippen molar-refractivity contribution >= 4 is 17.3 Å². The first-order valence-corrected chi connectivity index (χ1v) is 9.44. The topological polar surface area (TPSA) is 61.8 Å². The average molecular weight is 376 g/mol. The molecule has 2 N–H and O–H groups in total. The van der Waals surface area contributed by atoms with Gasteiger partial charge in [-0.2, -0.15) is 0 Å². The van der Waals surface area contributed by atoms with Crippen LogP contribution in [0.5, 0.6) is 5.75 Å². The largest absolute Gasteiger partial charge is 0.496 e. The maximum absolute atomic E-state index is 5.52. The zero-order chi connectivity index (χ0) is 19.1. The first-order valence-electron chi connectivity index (χ1n) is 8.63. The van der Waals surface area contributed by atoms with Crippen molar-refractivity contribution in [2.24, 2.45) is 4.99 Å². The van der Waals surface area contributed by atoms with Crippen LogP contribution >= 0.6 is 11.3 Å². The Morgan fingerprint density at radius 2 is 2.00 bits per heavy atom. The third kappa shape index (κ3) is 5.19. The molecule has 26 heavy (non-hydrogen) atoms. The van der Waals surface area contributed by atoms with Gasteiger partial charge in [0.25, 0.3) is 0 Å². The zero-order valence-electron chi connectivity index (χ0n) is 16.5. The molecule has 2 rings (SSSR count). The molecule has 1 aromatic carbocycles. The van der Waals surface area contributed by atoms with Gasteiger partial charge in [-0.15, -0.1) is 11.3 Å². The molecule has 0 fully saturated rings. The van der Waals surface area contributed by atoms with Crippen LogP contribution in [0.2, 0.25) is 0 Å². The van der Waals surface area contributed by atoms with Gasteiger partial charge in [0.2, 0.25) is 0 Å². The summed E-state index contributed by atoms with van der Waals surface area (Å²) in [6.45, 7) is 5.51. The van der Waals surface area contributed by atoms with E-state index in [1.54, 1.807) is 25.5 Å². The molecule has 1 unspecified atom stereocenters. The minimum atomic E-state index is 0.161. The molecular weight excluding hydrogens is 346 g/mol. The Bertz CT molecular complexity index is 722. The highest BCUT2D eigenvalue weighted by atomic mass is 32.1. The molecule has 0 aliphatic rings. The molecule has 0 saturated heterocycles. The van der Waals surface area contributed by atoms with Gasteiger partial charge in [-0.1, -0.05) is 18.2 Å².